The first-order valence-corrected chi connectivity index (χ1v) is 4.44. The monoisotopic (exact) mass is 190 g/mol. The third kappa shape index (κ3) is 1.32. The molecule has 0 N–H and O–H groups in total. The van der Waals surface area contributed by atoms with E-state index in [1.165, 1.54) is 6.20 Å². The van der Waals surface area contributed by atoms with E-state index in [2.05, 4.69) is 11.1 Å². The highest BCUT2D eigenvalue weighted by Gasteiger charge is 2.12. The zero-order chi connectivity index (χ0) is 9.26. The van der Waals surface area contributed by atoms with Gasteiger partial charge in [0.2, 0.25) is 0 Å². The van der Waals surface area contributed by atoms with Crippen LogP contribution in [0.2, 0.25) is 5.02 Å². The van der Waals surface area contributed by atoms with Crippen LogP contribution in [0.25, 0.3) is 6.08 Å². The first kappa shape index (κ1) is 8.28. The molecule has 0 fully saturated rings. The topological polar surface area (TPSA) is 36.7 Å². The van der Waals surface area contributed by atoms with Crippen molar-refractivity contribution in [2.75, 3.05) is 0 Å². The van der Waals surface area contributed by atoms with E-state index in [0.29, 0.717) is 10.6 Å². The lowest BCUT2D eigenvalue weighted by atomic mass is 10.0. The fourth-order valence-electron chi connectivity index (χ4n) is 1.43. The van der Waals surface area contributed by atoms with E-state index in [0.717, 1.165) is 24.1 Å². The number of hydrogen-bond acceptors (Lipinski definition) is 2. The largest absolute Gasteiger partial charge is 0.255 e. The maximum Gasteiger partial charge on any atom is 0.102 e. The summed E-state index contributed by atoms with van der Waals surface area (Å²) in [5.74, 6) is 0. The Hall–Kier alpha value is -1.33. The van der Waals surface area contributed by atoms with Gasteiger partial charge in [0.15, 0.2) is 0 Å². The summed E-state index contributed by atoms with van der Waals surface area (Å²) in [7, 11) is 0. The molecule has 0 aliphatic heterocycles. The second-order valence-electron chi connectivity index (χ2n) is 2.90. The van der Waals surface area contributed by atoms with Crippen LogP contribution in [0.1, 0.15) is 23.2 Å². The SMILES string of the molecule is N#Cc1cnc2c(c1Cl)CCC=C2. The Bertz CT molecular complexity index is 416. The van der Waals surface area contributed by atoms with Gasteiger partial charge in [-0.1, -0.05) is 17.7 Å². The van der Waals surface area contributed by atoms with E-state index >= 15 is 0 Å². The fourth-order valence-corrected chi connectivity index (χ4v) is 1.71. The quantitative estimate of drug-likeness (QED) is 0.631. The van der Waals surface area contributed by atoms with Crippen LogP contribution in [-0.4, -0.2) is 4.98 Å². The normalized spacial score (nSPS) is 13.5. The molecule has 2 rings (SSSR count). The maximum atomic E-state index is 8.73. The van der Waals surface area contributed by atoms with Gasteiger partial charge < -0.3 is 0 Å². The molecule has 0 saturated carbocycles. The van der Waals surface area contributed by atoms with Crippen molar-refractivity contribution in [3.8, 4) is 6.07 Å². The number of halogens is 1. The van der Waals surface area contributed by atoms with Crippen LogP contribution in [-0.2, 0) is 6.42 Å². The minimum atomic E-state index is 0.468. The molecule has 0 aromatic carbocycles. The number of allylic oxidation sites excluding steroid dienone is 1. The molecule has 0 bridgehead atoms. The molecule has 0 atom stereocenters. The van der Waals surface area contributed by atoms with Gasteiger partial charge in [-0.3, -0.25) is 4.98 Å². The van der Waals surface area contributed by atoms with E-state index in [-0.39, 0.29) is 0 Å². The summed E-state index contributed by atoms with van der Waals surface area (Å²) in [4.78, 5) is 4.16. The standard InChI is InChI=1S/C10H7ClN2/c11-10-7(5-12)6-13-9-4-2-1-3-8(9)10/h2,4,6H,1,3H2. The van der Waals surface area contributed by atoms with Crippen molar-refractivity contribution in [1.29, 1.82) is 5.26 Å². The van der Waals surface area contributed by atoms with Crippen LogP contribution in [0.5, 0.6) is 0 Å². The maximum absolute atomic E-state index is 8.73. The molecule has 0 spiro atoms. The molecule has 2 nitrogen and oxygen atoms in total. The van der Waals surface area contributed by atoms with Crippen molar-refractivity contribution in [2.24, 2.45) is 0 Å². The fraction of sp³-hybridized carbons (Fsp3) is 0.200. The molecular weight excluding hydrogens is 184 g/mol. The van der Waals surface area contributed by atoms with Gasteiger partial charge in [0.25, 0.3) is 0 Å². The van der Waals surface area contributed by atoms with Crippen LogP contribution in [0, 0.1) is 11.3 Å². The van der Waals surface area contributed by atoms with Gasteiger partial charge in [-0.05, 0) is 24.5 Å². The number of hydrogen-bond donors (Lipinski definition) is 0. The Morgan fingerprint density at radius 1 is 1.54 bits per heavy atom. The van der Waals surface area contributed by atoms with Crippen molar-refractivity contribution in [1.82, 2.24) is 4.98 Å². The van der Waals surface area contributed by atoms with Gasteiger partial charge in [0.1, 0.15) is 6.07 Å². The van der Waals surface area contributed by atoms with Crippen LogP contribution in [0.4, 0.5) is 0 Å². The third-order valence-electron chi connectivity index (χ3n) is 2.10. The summed E-state index contributed by atoms with van der Waals surface area (Å²) in [6, 6.07) is 2.03. The molecule has 1 aromatic heterocycles. The van der Waals surface area contributed by atoms with Crippen molar-refractivity contribution in [2.45, 2.75) is 12.8 Å². The number of pyridine rings is 1. The molecular formula is C10H7ClN2. The van der Waals surface area contributed by atoms with Gasteiger partial charge in [-0.25, -0.2) is 0 Å². The molecule has 1 aliphatic rings. The highest BCUT2D eigenvalue weighted by molar-refractivity contribution is 6.32. The number of aromatic nitrogens is 1. The van der Waals surface area contributed by atoms with Crippen LogP contribution in [0.3, 0.4) is 0 Å². The minimum Gasteiger partial charge on any atom is -0.255 e. The van der Waals surface area contributed by atoms with Crippen LogP contribution < -0.4 is 0 Å². The Morgan fingerprint density at radius 3 is 3.15 bits per heavy atom. The number of nitriles is 1. The Morgan fingerprint density at radius 2 is 2.38 bits per heavy atom. The summed E-state index contributed by atoms with van der Waals surface area (Å²) >= 11 is 6.03. The number of rotatable bonds is 0. The highest BCUT2D eigenvalue weighted by Crippen LogP contribution is 2.27. The number of fused-ring (bicyclic) bond motifs is 1. The first-order chi connectivity index (χ1) is 6.33. The molecule has 64 valence electrons. The molecule has 0 unspecified atom stereocenters. The summed E-state index contributed by atoms with van der Waals surface area (Å²) in [6.45, 7) is 0. The average molecular weight is 191 g/mol. The molecule has 0 amide bonds. The van der Waals surface area contributed by atoms with Gasteiger partial charge >= 0.3 is 0 Å². The van der Waals surface area contributed by atoms with E-state index < -0.39 is 0 Å². The molecule has 1 aromatic rings. The lowest BCUT2D eigenvalue weighted by Crippen LogP contribution is -1.99. The second-order valence-corrected chi connectivity index (χ2v) is 3.28. The third-order valence-corrected chi connectivity index (χ3v) is 2.53. The van der Waals surface area contributed by atoms with Crippen LogP contribution >= 0.6 is 11.6 Å². The molecule has 3 heteroatoms. The summed E-state index contributed by atoms with van der Waals surface area (Å²) in [6.07, 6.45) is 7.40. The summed E-state index contributed by atoms with van der Waals surface area (Å²) in [5.41, 5.74) is 2.37. The van der Waals surface area contributed by atoms with Crippen molar-refractivity contribution in [3.63, 3.8) is 0 Å². The zero-order valence-corrected chi connectivity index (χ0v) is 7.67. The molecule has 0 saturated heterocycles. The Balaban J connectivity index is 2.65. The van der Waals surface area contributed by atoms with Crippen molar-refractivity contribution in [3.05, 3.63) is 34.1 Å². The van der Waals surface area contributed by atoms with Gasteiger partial charge in [-0.2, -0.15) is 5.26 Å². The zero-order valence-electron chi connectivity index (χ0n) is 6.92. The van der Waals surface area contributed by atoms with Crippen molar-refractivity contribution >= 4 is 17.7 Å². The Labute approximate surface area is 81.5 Å². The van der Waals surface area contributed by atoms with E-state index in [1.807, 2.05) is 12.1 Å². The smallest absolute Gasteiger partial charge is 0.102 e. The van der Waals surface area contributed by atoms with E-state index in [9.17, 15) is 0 Å². The second kappa shape index (κ2) is 3.20. The predicted octanol–water partition coefficient (Wildman–Crippen LogP) is 2.57. The highest BCUT2D eigenvalue weighted by atomic mass is 35.5. The lowest BCUT2D eigenvalue weighted by molar-refractivity contribution is 0.962. The summed E-state index contributed by atoms with van der Waals surface area (Å²) in [5, 5.41) is 9.29. The molecule has 1 aliphatic carbocycles. The molecule has 0 radical (unpaired) electrons. The molecule has 13 heavy (non-hydrogen) atoms. The number of nitrogens with zero attached hydrogens (tertiary/aromatic N) is 2. The average Bonchev–Trinajstić information content (AvgIpc) is 2.19. The summed E-state index contributed by atoms with van der Waals surface area (Å²) < 4.78 is 0. The minimum absolute atomic E-state index is 0.468. The first-order valence-electron chi connectivity index (χ1n) is 4.07. The van der Waals surface area contributed by atoms with Crippen molar-refractivity contribution < 1.29 is 0 Å². The van der Waals surface area contributed by atoms with Crippen LogP contribution in [0.15, 0.2) is 12.3 Å². The van der Waals surface area contributed by atoms with Gasteiger partial charge in [-0.15, -0.1) is 0 Å². The van der Waals surface area contributed by atoms with E-state index in [1.54, 1.807) is 0 Å². The Kier molecular flexibility index (Phi) is 2.03. The lowest BCUT2D eigenvalue weighted by Gasteiger charge is -2.11. The predicted molar refractivity (Wildman–Crippen MR) is 51.3 cm³/mol. The van der Waals surface area contributed by atoms with Gasteiger partial charge in [0, 0.05) is 6.20 Å². The van der Waals surface area contributed by atoms with Gasteiger partial charge in [0.05, 0.1) is 16.3 Å². The molecule has 1 heterocycles. The van der Waals surface area contributed by atoms with E-state index in [4.69, 9.17) is 16.9 Å².